The van der Waals surface area contributed by atoms with Crippen LogP contribution in [-0.4, -0.2) is 47.4 Å². The average molecular weight is 465 g/mol. The number of hydrogen-bond donors (Lipinski definition) is 0. The van der Waals surface area contributed by atoms with Crippen molar-refractivity contribution in [2.45, 2.75) is 77.6 Å². The Hall–Kier alpha value is -3.02. The molecule has 2 fully saturated rings. The molecule has 2 amide bonds. The number of hydrogen-bond acceptors (Lipinski definition) is 4. The minimum Gasteiger partial charge on any atom is -0.493 e. The normalized spacial score (nSPS) is 19.6. The van der Waals surface area contributed by atoms with Crippen LogP contribution in [0.1, 0.15) is 68.7 Å². The van der Waals surface area contributed by atoms with Gasteiger partial charge in [0.05, 0.1) is 13.2 Å². The zero-order valence-electron chi connectivity index (χ0n) is 20.8. The molecule has 1 saturated heterocycles. The Morgan fingerprint density at radius 2 is 1.68 bits per heavy atom. The third-order valence-electron chi connectivity index (χ3n) is 6.81. The minimum absolute atomic E-state index is 0.00167. The minimum atomic E-state index is -0.688. The number of rotatable bonds is 7. The van der Waals surface area contributed by atoms with Crippen molar-refractivity contribution in [2.24, 2.45) is 0 Å². The second-order valence-corrected chi connectivity index (χ2v) is 9.74. The molecule has 1 aliphatic carbocycles. The summed E-state index contributed by atoms with van der Waals surface area (Å²) in [5.41, 5.74) is 2.92. The molecule has 0 spiro atoms. The van der Waals surface area contributed by atoms with Crippen molar-refractivity contribution in [3.63, 3.8) is 0 Å². The van der Waals surface area contributed by atoms with Crippen LogP contribution in [0.3, 0.4) is 0 Å². The summed E-state index contributed by atoms with van der Waals surface area (Å²) >= 11 is 0. The van der Waals surface area contributed by atoms with Crippen molar-refractivity contribution < 1.29 is 19.1 Å². The molecule has 0 aromatic heterocycles. The van der Waals surface area contributed by atoms with Crippen molar-refractivity contribution in [2.75, 3.05) is 13.7 Å². The molecule has 6 heteroatoms. The van der Waals surface area contributed by atoms with Gasteiger partial charge in [0.1, 0.15) is 12.6 Å². The van der Waals surface area contributed by atoms with E-state index in [1.54, 1.807) is 12.0 Å². The molecule has 1 atom stereocenters. The van der Waals surface area contributed by atoms with Crippen LogP contribution in [0.25, 0.3) is 0 Å². The van der Waals surface area contributed by atoms with E-state index >= 15 is 0 Å². The van der Waals surface area contributed by atoms with Gasteiger partial charge in [-0.2, -0.15) is 0 Å². The first-order valence-electron chi connectivity index (χ1n) is 12.4. The highest BCUT2D eigenvalue weighted by molar-refractivity contribution is 5.96. The number of aryl methyl sites for hydroxylation is 1. The van der Waals surface area contributed by atoms with Gasteiger partial charge in [-0.15, -0.1) is 0 Å². The van der Waals surface area contributed by atoms with Crippen molar-refractivity contribution in [3.8, 4) is 11.5 Å². The van der Waals surface area contributed by atoms with Gasteiger partial charge < -0.3 is 19.3 Å². The third kappa shape index (κ3) is 5.21. The first kappa shape index (κ1) is 24.1. The first-order chi connectivity index (χ1) is 16.4. The van der Waals surface area contributed by atoms with Crippen molar-refractivity contribution in [1.29, 1.82) is 0 Å². The fourth-order valence-corrected chi connectivity index (χ4v) is 5.05. The Morgan fingerprint density at radius 1 is 0.971 bits per heavy atom. The van der Waals surface area contributed by atoms with E-state index in [1.165, 1.54) is 6.42 Å². The van der Waals surface area contributed by atoms with Crippen LogP contribution >= 0.6 is 0 Å². The van der Waals surface area contributed by atoms with E-state index < -0.39 is 6.04 Å². The molecule has 0 N–H and O–H groups in total. The van der Waals surface area contributed by atoms with Crippen LogP contribution in [0.5, 0.6) is 11.5 Å². The van der Waals surface area contributed by atoms with Gasteiger partial charge in [-0.3, -0.25) is 9.59 Å². The fourth-order valence-electron chi connectivity index (χ4n) is 5.05. The molecule has 0 unspecified atom stereocenters. The fraction of sp³-hybridized carbons (Fsp3) is 0.500. The summed E-state index contributed by atoms with van der Waals surface area (Å²) in [6.07, 6.45) is 5.34. The van der Waals surface area contributed by atoms with E-state index in [4.69, 9.17) is 9.47 Å². The van der Waals surface area contributed by atoms with Crippen LogP contribution < -0.4 is 9.47 Å². The van der Waals surface area contributed by atoms with E-state index in [2.05, 4.69) is 0 Å². The molecule has 1 heterocycles. The summed E-state index contributed by atoms with van der Waals surface area (Å²) in [4.78, 5) is 31.0. The second-order valence-electron chi connectivity index (χ2n) is 9.74. The van der Waals surface area contributed by atoms with Gasteiger partial charge in [0.2, 0.25) is 5.91 Å². The van der Waals surface area contributed by atoms with E-state index in [0.717, 1.165) is 42.4 Å². The Morgan fingerprint density at radius 3 is 2.32 bits per heavy atom. The number of carbonyl (C=O) groups excluding carboxylic acids is 2. The average Bonchev–Trinajstić information content (AvgIpc) is 2.83. The lowest BCUT2D eigenvalue weighted by molar-refractivity contribution is -0.160. The van der Waals surface area contributed by atoms with Crippen LogP contribution in [0, 0.1) is 6.92 Å². The molecule has 6 nitrogen and oxygen atoms in total. The second kappa shape index (κ2) is 10.5. The number of carbonyl (C=O) groups is 2. The summed E-state index contributed by atoms with van der Waals surface area (Å²) < 4.78 is 11.5. The van der Waals surface area contributed by atoms with E-state index in [1.807, 2.05) is 68.1 Å². The van der Waals surface area contributed by atoms with Crippen LogP contribution in [0.2, 0.25) is 0 Å². The lowest BCUT2D eigenvalue weighted by atomic mass is 9.91. The summed E-state index contributed by atoms with van der Waals surface area (Å²) in [6, 6.07) is 13.2. The monoisotopic (exact) mass is 464 g/mol. The number of ether oxygens (including phenoxy) is 2. The molecule has 182 valence electrons. The third-order valence-corrected chi connectivity index (χ3v) is 6.81. The molecule has 1 aliphatic heterocycles. The predicted octanol–water partition coefficient (Wildman–Crippen LogP) is 5.04. The first-order valence-corrected chi connectivity index (χ1v) is 12.4. The standard InChI is InChI=1S/C28H36N2O4/c1-19(2)34-24-15-14-22(16-25(24)33-4)27-28(32)29(23-8-6-5-7-9-23)18-26(31)30(27)17-21-12-10-20(3)11-13-21/h10-16,19,23,27H,5-9,17-18H2,1-4H3/t27-/m1/s1. The molecule has 4 rings (SSSR count). The smallest absolute Gasteiger partial charge is 0.250 e. The number of nitrogens with zero attached hydrogens (tertiary/aromatic N) is 2. The number of amides is 2. The molecular weight excluding hydrogens is 428 g/mol. The Labute approximate surface area is 202 Å². The Bertz CT molecular complexity index is 1010. The van der Waals surface area contributed by atoms with Crippen LogP contribution in [0.4, 0.5) is 0 Å². The SMILES string of the molecule is COc1cc([C@@H]2C(=O)N(C3CCCCC3)CC(=O)N2Cc2ccc(C)cc2)ccc1OC(C)C. The molecular formula is C28H36N2O4. The molecule has 2 aromatic rings. The quantitative estimate of drug-likeness (QED) is 0.576. The highest BCUT2D eigenvalue weighted by Crippen LogP contribution is 2.37. The number of benzene rings is 2. The topological polar surface area (TPSA) is 59.1 Å². The lowest BCUT2D eigenvalue weighted by Crippen LogP contribution is -2.58. The van der Waals surface area contributed by atoms with Crippen molar-refractivity contribution >= 4 is 11.8 Å². The van der Waals surface area contributed by atoms with E-state index in [0.29, 0.717) is 18.0 Å². The van der Waals surface area contributed by atoms with Gasteiger partial charge in [0, 0.05) is 12.6 Å². The zero-order chi connectivity index (χ0) is 24.2. The van der Waals surface area contributed by atoms with Crippen LogP contribution in [0.15, 0.2) is 42.5 Å². The van der Waals surface area contributed by atoms with E-state index in [-0.39, 0.29) is 30.5 Å². The maximum Gasteiger partial charge on any atom is 0.250 e. The highest BCUT2D eigenvalue weighted by atomic mass is 16.5. The zero-order valence-corrected chi connectivity index (χ0v) is 20.8. The molecule has 0 bridgehead atoms. The summed E-state index contributed by atoms with van der Waals surface area (Å²) in [6.45, 7) is 6.50. The summed E-state index contributed by atoms with van der Waals surface area (Å²) in [5.74, 6) is 1.18. The molecule has 0 radical (unpaired) electrons. The largest absolute Gasteiger partial charge is 0.493 e. The maximum absolute atomic E-state index is 13.9. The Balaban J connectivity index is 1.71. The molecule has 34 heavy (non-hydrogen) atoms. The summed E-state index contributed by atoms with van der Waals surface area (Å²) in [7, 11) is 1.60. The summed E-state index contributed by atoms with van der Waals surface area (Å²) in [5, 5.41) is 0. The highest BCUT2D eigenvalue weighted by Gasteiger charge is 2.43. The molecule has 2 aromatic carbocycles. The maximum atomic E-state index is 13.9. The van der Waals surface area contributed by atoms with Gasteiger partial charge in [-0.05, 0) is 56.9 Å². The lowest BCUT2D eigenvalue weighted by Gasteiger charge is -2.44. The Kier molecular flexibility index (Phi) is 7.44. The number of piperazine rings is 1. The van der Waals surface area contributed by atoms with Gasteiger partial charge in [-0.1, -0.05) is 55.2 Å². The predicted molar refractivity (Wildman–Crippen MR) is 132 cm³/mol. The van der Waals surface area contributed by atoms with Crippen molar-refractivity contribution in [3.05, 3.63) is 59.2 Å². The molecule has 2 aliphatic rings. The van der Waals surface area contributed by atoms with Gasteiger partial charge >= 0.3 is 0 Å². The van der Waals surface area contributed by atoms with Gasteiger partial charge in [0.15, 0.2) is 11.5 Å². The van der Waals surface area contributed by atoms with Crippen molar-refractivity contribution in [1.82, 2.24) is 9.80 Å². The number of methoxy groups -OCH3 is 1. The van der Waals surface area contributed by atoms with E-state index in [9.17, 15) is 9.59 Å². The molecule has 1 saturated carbocycles. The van der Waals surface area contributed by atoms with Gasteiger partial charge in [-0.25, -0.2) is 0 Å². The van der Waals surface area contributed by atoms with Gasteiger partial charge in [0.25, 0.3) is 5.91 Å². The van der Waals surface area contributed by atoms with Crippen LogP contribution in [-0.2, 0) is 16.1 Å².